The number of esters is 1. The number of hydrogen-bond acceptors (Lipinski definition) is 4. The first-order valence-corrected chi connectivity index (χ1v) is 4.87. The Kier molecular flexibility index (Phi) is 6.47. The second-order valence-corrected chi connectivity index (χ2v) is 3.52. The summed E-state index contributed by atoms with van der Waals surface area (Å²) in [6, 6.07) is 3.22. The molecule has 1 aromatic rings. The molecular formula is C9H12BrClN2O2. The van der Waals surface area contributed by atoms with Gasteiger partial charge >= 0.3 is 5.97 Å². The summed E-state index contributed by atoms with van der Waals surface area (Å²) in [7, 11) is 1.34. The predicted molar refractivity (Wildman–Crippen MR) is 62.7 cm³/mol. The van der Waals surface area contributed by atoms with Crippen molar-refractivity contribution in [3.05, 3.63) is 28.5 Å². The van der Waals surface area contributed by atoms with Gasteiger partial charge < -0.3 is 10.5 Å². The molecule has 4 nitrogen and oxygen atoms in total. The van der Waals surface area contributed by atoms with E-state index in [0.29, 0.717) is 4.60 Å². The van der Waals surface area contributed by atoms with Gasteiger partial charge in [-0.2, -0.15) is 0 Å². The molecule has 0 amide bonds. The van der Waals surface area contributed by atoms with Crippen LogP contribution in [0.3, 0.4) is 0 Å². The Hall–Kier alpha value is -0.650. The van der Waals surface area contributed by atoms with E-state index in [2.05, 4.69) is 25.7 Å². The number of nitrogens with two attached hydrogens (primary N) is 1. The number of pyridine rings is 1. The van der Waals surface area contributed by atoms with Crippen LogP contribution >= 0.6 is 28.3 Å². The summed E-state index contributed by atoms with van der Waals surface area (Å²) >= 11 is 3.27. The number of ether oxygens (including phenoxy) is 1. The quantitative estimate of drug-likeness (QED) is 0.682. The Morgan fingerprint density at radius 2 is 2.40 bits per heavy atom. The van der Waals surface area contributed by atoms with Gasteiger partial charge in [-0.25, -0.2) is 4.98 Å². The average Bonchev–Trinajstić information content (AvgIpc) is 2.18. The molecule has 0 aliphatic rings. The number of rotatable bonds is 3. The molecule has 0 saturated heterocycles. The lowest BCUT2D eigenvalue weighted by Gasteiger charge is -2.11. The van der Waals surface area contributed by atoms with Gasteiger partial charge in [-0.15, -0.1) is 12.4 Å². The number of hydrogen-bond donors (Lipinski definition) is 1. The maximum atomic E-state index is 11.0. The van der Waals surface area contributed by atoms with E-state index in [0.717, 1.165) is 5.56 Å². The Morgan fingerprint density at radius 1 is 1.73 bits per heavy atom. The molecule has 84 valence electrons. The highest BCUT2D eigenvalue weighted by Crippen LogP contribution is 2.21. The van der Waals surface area contributed by atoms with E-state index in [1.54, 1.807) is 12.3 Å². The van der Waals surface area contributed by atoms with E-state index in [4.69, 9.17) is 5.73 Å². The summed E-state index contributed by atoms with van der Waals surface area (Å²) in [5, 5.41) is 0. The van der Waals surface area contributed by atoms with E-state index in [1.165, 1.54) is 7.11 Å². The number of aromatic nitrogens is 1. The molecule has 0 aliphatic heterocycles. The Balaban J connectivity index is 0.00000196. The largest absolute Gasteiger partial charge is 0.469 e. The molecule has 1 heterocycles. The van der Waals surface area contributed by atoms with Crippen molar-refractivity contribution in [1.29, 1.82) is 0 Å². The fourth-order valence-corrected chi connectivity index (χ4v) is 1.59. The van der Waals surface area contributed by atoms with Crippen LogP contribution in [0.25, 0.3) is 0 Å². The fourth-order valence-electron chi connectivity index (χ4n) is 1.05. The summed E-state index contributed by atoms with van der Waals surface area (Å²) in [4.78, 5) is 15.0. The maximum Gasteiger partial charge on any atom is 0.307 e. The second kappa shape index (κ2) is 6.76. The zero-order valence-corrected chi connectivity index (χ0v) is 10.5. The minimum Gasteiger partial charge on any atom is -0.469 e. The monoisotopic (exact) mass is 294 g/mol. The highest BCUT2D eigenvalue weighted by molar-refractivity contribution is 9.10. The minimum absolute atomic E-state index is 0. The zero-order chi connectivity index (χ0) is 10.6. The van der Waals surface area contributed by atoms with Crippen molar-refractivity contribution in [3.63, 3.8) is 0 Å². The molecule has 1 aromatic heterocycles. The summed E-state index contributed by atoms with van der Waals surface area (Å²) in [5.41, 5.74) is 6.61. The minimum atomic E-state index is -0.384. The second-order valence-electron chi connectivity index (χ2n) is 2.77. The Bertz CT molecular complexity index is 336. The predicted octanol–water partition coefficient (Wildman–Crippen LogP) is 1.83. The number of carbonyl (C=O) groups is 1. The lowest BCUT2D eigenvalue weighted by atomic mass is 10.1. The topological polar surface area (TPSA) is 65.2 Å². The fraction of sp³-hybridized carbons (Fsp3) is 0.333. The van der Waals surface area contributed by atoms with Crippen molar-refractivity contribution < 1.29 is 9.53 Å². The first-order valence-electron chi connectivity index (χ1n) is 4.08. The number of carbonyl (C=O) groups excluding carboxylic acids is 1. The third kappa shape index (κ3) is 4.15. The Morgan fingerprint density at radius 3 is 2.93 bits per heavy atom. The first kappa shape index (κ1) is 14.3. The van der Waals surface area contributed by atoms with Gasteiger partial charge in [0.2, 0.25) is 0 Å². The van der Waals surface area contributed by atoms with Gasteiger partial charge in [0, 0.05) is 17.8 Å². The van der Waals surface area contributed by atoms with Crippen LogP contribution in [0.1, 0.15) is 18.0 Å². The summed E-state index contributed by atoms with van der Waals surface area (Å²) < 4.78 is 5.19. The van der Waals surface area contributed by atoms with Crippen LogP contribution in [-0.2, 0) is 9.53 Å². The summed E-state index contributed by atoms with van der Waals surface area (Å²) in [6.45, 7) is 0. The van der Waals surface area contributed by atoms with Gasteiger partial charge in [0.25, 0.3) is 0 Å². The summed E-state index contributed by atoms with van der Waals surface area (Å²) in [6.07, 6.45) is 1.80. The molecule has 15 heavy (non-hydrogen) atoms. The van der Waals surface area contributed by atoms with Crippen LogP contribution in [-0.4, -0.2) is 18.1 Å². The highest BCUT2D eigenvalue weighted by atomic mass is 79.9. The van der Waals surface area contributed by atoms with E-state index < -0.39 is 0 Å². The molecule has 1 atom stereocenters. The molecule has 0 aliphatic carbocycles. The molecule has 0 unspecified atom stereocenters. The lowest BCUT2D eigenvalue weighted by molar-refractivity contribution is -0.141. The van der Waals surface area contributed by atoms with Crippen LogP contribution in [0.2, 0.25) is 0 Å². The highest BCUT2D eigenvalue weighted by Gasteiger charge is 2.14. The maximum absolute atomic E-state index is 11.0. The van der Waals surface area contributed by atoms with Crippen molar-refractivity contribution in [2.75, 3.05) is 7.11 Å². The van der Waals surface area contributed by atoms with Gasteiger partial charge in [-0.3, -0.25) is 4.79 Å². The number of methoxy groups -OCH3 is 1. The molecular weight excluding hydrogens is 283 g/mol. The summed E-state index contributed by atoms with van der Waals surface area (Å²) in [5.74, 6) is -0.326. The van der Waals surface area contributed by atoms with Crippen LogP contribution in [0.15, 0.2) is 22.9 Å². The van der Waals surface area contributed by atoms with Crippen molar-refractivity contribution in [2.45, 2.75) is 12.5 Å². The lowest BCUT2D eigenvalue weighted by Crippen LogP contribution is -2.17. The van der Waals surface area contributed by atoms with Gasteiger partial charge in [-0.1, -0.05) is 6.07 Å². The van der Waals surface area contributed by atoms with Crippen molar-refractivity contribution >= 4 is 34.3 Å². The van der Waals surface area contributed by atoms with Crippen LogP contribution in [0.5, 0.6) is 0 Å². The third-order valence-electron chi connectivity index (χ3n) is 1.80. The van der Waals surface area contributed by atoms with Crippen molar-refractivity contribution in [2.24, 2.45) is 5.73 Å². The SMILES string of the molecule is COC(=O)C[C@@H](N)c1cccnc1Br.Cl. The van der Waals surface area contributed by atoms with Gasteiger partial charge in [0.05, 0.1) is 13.5 Å². The van der Waals surface area contributed by atoms with Crippen molar-refractivity contribution in [1.82, 2.24) is 4.98 Å². The van der Waals surface area contributed by atoms with Gasteiger partial charge in [0.15, 0.2) is 0 Å². The standard InChI is InChI=1S/C9H11BrN2O2.ClH/c1-14-8(13)5-7(11)6-3-2-4-12-9(6)10;/h2-4,7H,5,11H2,1H3;1H/t7-;/m1./s1. The van der Waals surface area contributed by atoms with E-state index in [-0.39, 0.29) is 30.8 Å². The van der Waals surface area contributed by atoms with E-state index in [9.17, 15) is 4.79 Å². The number of halogens is 2. The van der Waals surface area contributed by atoms with Crippen molar-refractivity contribution in [3.8, 4) is 0 Å². The average molecular weight is 296 g/mol. The van der Waals surface area contributed by atoms with Crippen LogP contribution in [0, 0.1) is 0 Å². The van der Waals surface area contributed by atoms with Gasteiger partial charge in [0.1, 0.15) is 4.60 Å². The van der Waals surface area contributed by atoms with Crippen LogP contribution in [0.4, 0.5) is 0 Å². The normalized spacial score (nSPS) is 11.4. The molecule has 2 N–H and O–H groups in total. The molecule has 0 aromatic carbocycles. The zero-order valence-electron chi connectivity index (χ0n) is 8.14. The molecule has 0 saturated carbocycles. The molecule has 0 radical (unpaired) electrons. The first-order chi connectivity index (χ1) is 6.65. The molecule has 6 heteroatoms. The molecule has 1 rings (SSSR count). The third-order valence-corrected chi connectivity index (χ3v) is 2.46. The molecule has 0 spiro atoms. The molecule has 0 bridgehead atoms. The Labute approximate surface area is 103 Å². The van der Waals surface area contributed by atoms with E-state index >= 15 is 0 Å². The molecule has 0 fully saturated rings. The van der Waals surface area contributed by atoms with Crippen LogP contribution < -0.4 is 5.73 Å². The number of nitrogens with zero attached hydrogens (tertiary/aromatic N) is 1. The van der Waals surface area contributed by atoms with E-state index in [1.807, 2.05) is 6.07 Å². The smallest absolute Gasteiger partial charge is 0.307 e. The van der Waals surface area contributed by atoms with Gasteiger partial charge in [-0.05, 0) is 22.0 Å².